The molecule has 1 atom stereocenters. The van der Waals surface area contributed by atoms with E-state index < -0.39 is 23.1 Å². The van der Waals surface area contributed by atoms with Crippen LogP contribution in [0.4, 0.5) is 5.69 Å². The first-order chi connectivity index (χ1) is 18.9. The fraction of sp³-hybridized carbons (Fsp3) is 0.367. The third kappa shape index (κ3) is 4.22. The summed E-state index contributed by atoms with van der Waals surface area (Å²) in [5.41, 5.74) is 0.222. The third-order valence-corrected chi connectivity index (χ3v) is 7.67. The van der Waals surface area contributed by atoms with Gasteiger partial charge in [-0.2, -0.15) is 0 Å². The zero-order chi connectivity index (χ0) is 27.7. The summed E-state index contributed by atoms with van der Waals surface area (Å²) in [4.78, 5) is 46.8. The van der Waals surface area contributed by atoms with Crippen LogP contribution in [-0.4, -0.2) is 85.0 Å². The second-order valence-corrected chi connectivity index (χ2v) is 9.82. The Hall–Kier alpha value is -3.95. The summed E-state index contributed by atoms with van der Waals surface area (Å²) < 4.78 is 11.1. The second-order valence-electron chi connectivity index (χ2n) is 9.82. The van der Waals surface area contributed by atoms with Crippen molar-refractivity contribution in [2.45, 2.75) is 19.4 Å². The second kappa shape index (κ2) is 10.7. The molecule has 9 heteroatoms. The van der Waals surface area contributed by atoms with Crippen molar-refractivity contribution in [3.8, 4) is 5.75 Å². The first-order valence-electron chi connectivity index (χ1n) is 13.2. The predicted octanol–water partition coefficient (Wildman–Crippen LogP) is 2.83. The van der Waals surface area contributed by atoms with Crippen molar-refractivity contribution in [2.75, 3.05) is 57.4 Å². The van der Waals surface area contributed by atoms with Gasteiger partial charge in [0, 0.05) is 43.9 Å². The van der Waals surface area contributed by atoms with Gasteiger partial charge in [-0.25, -0.2) is 0 Å². The number of likely N-dealkylation sites (N-methyl/N-ethyl adjacent to an activating group) is 1. The molecule has 9 nitrogen and oxygen atoms in total. The summed E-state index contributed by atoms with van der Waals surface area (Å²) in [6, 6.07) is 12.2. The number of fused-ring (bicyclic) bond motifs is 2. The van der Waals surface area contributed by atoms with Crippen molar-refractivity contribution >= 4 is 29.0 Å². The van der Waals surface area contributed by atoms with E-state index in [1.165, 1.54) is 4.90 Å². The number of para-hydroxylation sites is 1. The van der Waals surface area contributed by atoms with Crippen molar-refractivity contribution in [2.24, 2.45) is 0 Å². The van der Waals surface area contributed by atoms with E-state index in [0.717, 1.165) is 5.56 Å². The van der Waals surface area contributed by atoms with E-state index in [2.05, 4.69) is 11.5 Å². The lowest BCUT2D eigenvalue weighted by atomic mass is 9.81. The number of ketones is 1. The van der Waals surface area contributed by atoms with E-state index in [1.807, 2.05) is 26.0 Å². The maximum absolute atomic E-state index is 14.3. The monoisotopic (exact) mass is 531 g/mol. The Morgan fingerprint density at radius 1 is 1.13 bits per heavy atom. The van der Waals surface area contributed by atoms with E-state index in [4.69, 9.17) is 9.47 Å². The van der Waals surface area contributed by atoms with Crippen LogP contribution in [0.5, 0.6) is 5.75 Å². The number of carbonyl (C=O) groups excluding carboxylic acids is 3. The number of morpholine rings is 1. The summed E-state index contributed by atoms with van der Waals surface area (Å²) in [6.07, 6.45) is 1.63. The summed E-state index contributed by atoms with van der Waals surface area (Å²) in [6.45, 7) is 11.2. The Morgan fingerprint density at radius 2 is 1.87 bits per heavy atom. The fourth-order valence-electron chi connectivity index (χ4n) is 5.80. The maximum Gasteiger partial charge on any atom is 0.296 e. The van der Waals surface area contributed by atoms with Crippen molar-refractivity contribution < 1.29 is 29.0 Å². The fourth-order valence-corrected chi connectivity index (χ4v) is 5.80. The van der Waals surface area contributed by atoms with Crippen molar-refractivity contribution in [3.05, 3.63) is 77.4 Å². The number of Topliss-reactive ketones (excluding diaryl/α,β-unsaturated/α-hetero) is 1. The molecule has 2 aromatic carbocycles. The van der Waals surface area contributed by atoms with Gasteiger partial charge in [-0.05, 0) is 43.7 Å². The first kappa shape index (κ1) is 26.6. The van der Waals surface area contributed by atoms with Gasteiger partial charge in [0.2, 0.25) is 0 Å². The number of carbonyl (C=O) groups is 3. The standard InChI is InChI=1S/C30H33N3O6/c1-4-16-39-24-11-10-21(19-20(24)3)26(34)25-27(35)28(36)33(13-12-31-14-17-38-18-15-31)30(25)22-8-6-7-9-23(22)32(5-2)29(30)37/h4,6-11,19,34H,1,5,12-18H2,2-3H3/b26-25+. The molecule has 2 aromatic rings. The van der Waals surface area contributed by atoms with E-state index in [9.17, 15) is 19.5 Å². The van der Waals surface area contributed by atoms with Crippen LogP contribution in [0, 0.1) is 6.92 Å². The highest BCUT2D eigenvalue weighted by Gasteiger charge is 2.66. The Kier molecular flexibility index (Phi) is 7.29. The molecule has 3 aliphatic heterocycles. The molecule has 2 saturated heterocycles. The van der Waals surface area contributed by atoms with Crippen LogP contribution in [0.2, 0.25) is 0 Å². The number of amides is 2. The molecule has 0 bridgehead atoms. The van der Waals surface area contributed by atoms with Crippen LogP contribution in [0.1, 0.15) is 23.6 Å². The number of nitrogens with zero attached hydrogens (tertiary/aromatic N) is 3. The number of aliphatic hydroxyl groups is 1. The summed E-state index contributed by atoms with van der Waals surface area (Å²) in [5, 5.41) is 11.7. The zero-order valence-electron chi connectivity index (χ0n) is 22.3. The molecule has 1 N–H and O–H groups in total. The predicted molar refractivity (Wildman–Crippen MR) is 147 cm³/mol. The maximum atomic E-state index is 14.3. The number of hydrogen-bond acceptors (Lipinski definition) is 7. The highest BCUT2D eigenvalue weighted by molar-refractivity contribution is 6.50. The van der Waals surface area contributed by atoms with Gasteiger partial charge >= 0.3 is 0 Å². The third-order valence-electron chi connectivity index (χ3n) is 7.67. The molecule has 3 heterocycles. The molecule has 0 saturated carbocycles. The molecule has 2 amide bonds. The van der Waals surface area contributed by atoms with Gasteiger partial charge in [0.25, 0.3) is 17.6 Å². The average molecular weight is 532 g/mol. The minimum Gasteiger partial charge on any atom is -0.507 e. The number of hydrogen-bond donors (Lipinski definition) is 1. The Bertz CT molecular complexity index is 1360. The largest absolute Gasteiger partial charge is 0.507 e. The summed E-state index contributed by atoms with van der Waals surface area (Å²) >= 11 is 0. The molecular weight excluding hydrogens is 498 g/mol. The zero-order valence-corrected chi connectivity index (χ0v) is 22.3. The Labute approximate surface area is 227 Å². The minimum absolute atomic E-state index is 0.145. The normalized spacial score (nSPS) is 22.6. The van der Waals surface area contributed by atoms with Gasteiger partial charge in [-0.3, -0.25) is 19.3 Å². The number of aryl methyl sites for hydroxylation is 1. The highest BCUT2D eigenvalue weighted by atomic mass is 16.5. The molecule has 3 aliphatic rings. The lowest BCUT2D eigenvalue weighted by Gasteiger charge is -2.36. The molecule has 0 aliphatic carbocycles. The minimum atomic E-state index is -1.76. The van der Waals surface area contributed by atoms with Gasteiger partial charge in [0.05, 0.1) is 24.5 Å². The molecule has 0 aromatic heterocycles. The van der Waals surface area contributed by atoms with Crippen LogP contribution in [-0.2, 0) is 24.7 Å². The van der Waals surface area contributed by atoms with Gasteiger partial charge in [-0.1, -0.05) is 30.9 Å². The summed E-state index contributed by atoms with van der Waals surface area (Å²) in [5.74, 6) is -1.88. The van der Waals surface area contributed by atoms with Crippen molar-refractivity contribution in [3.63, 3.8) is 0 Å². The number of aliphatic hydroxyl groups excluding tert-OH is 1. The Morgan fingerprint density at radius 3 is 2.56 bits per heavy atom. The van der Waals surface area contributed by atoms with Crippen molar-refractivity contribution in [1.29, 1.82) is 0 Å². The molecule has 5 rings (SSSR count). The van der Waals surface area contributed by atoms with Crippen LogP contribution in [0.3, 0.4) is 0 Å². The molecule has 2 fully saturated rings. The van der Waals surface area contributed by atoms with Crippen molar-refractivity contribution in [1.82, 2.24) is 9.80 Å². The van der Waals surface area contributed by atoms with Gasteiger partial charge in [-0.15, -0.1) is 0 Å². The molecule has 39 heavy (non-hydrogen) atoms. The van der Waals surface area contributed by atoms with Gasteiger partial charge in [0.1, 0.15) is 18.1 Å². The quantitative estimate of drug-likeness (QED) is 0.242. The lowest BCUT2D eigenvalue weighted by Crippen LogP contribution is -2.54. The highest BCUT2D eigenvalue weighted by Crippen LogP contribution is 2.53. The molecular formula is C30H33N3O6. The molecule has 0 radical (unpaired) electrons. The summed E-state index contributed by atoms with van der Waals surface area (Å²) in [7, 11) is 0. The molecule has 1 unspecified atom stereocenters. The van der Waals surface area contributed by atoms with E-state index >= 15 is 0 Å². The number of ether oxygens (including phenoxy) is 2. The smallest absolute Gasteiger partial charge is 0.296 e. The van der Waals surface area contributed by atoms with Gasteiger partial charge < -0.3 is 24.4 Å². The first-order valence-corrected chi connectivity index (χ1v) is 13.2. The number of benzene rings is 2. The van der Waals surface area contributed by atoms with Crippen LogP contribution in [0.15, 0.2) is 60.7 Å². The SMILES string of the molecule is C=CCOc1ccc(/C(O)=C2/C(=O)C(=O)N(CCN3CCOCC3)C23C(=O)N(CC)c2ccccc23)cc1C. The van der Waals surface area contributed by atoms with E-state index in [0.29, 0.717) is 68.6 Å². The van der Waals surface area contributed by atoms with Crippen LogP contribution in [0.25, 0.3) is 5.76 Å². The average Bonchev–Trinajstić information content (AvgIpc) is 3.33. The number of rotatable bonds is 8. The lowest BCUT2D eigenvalue weighted by molar-refractivity contribution is -0.144. The Balaban J connectivity index is 1.67. The van der Waals surface area contributed by atoms with E-state index in [1.54, 1.807) is 41.3 Å². The van der Waals surface area contributed by atoms with Gasteiger partial charge in [0.15, 0.2) is 5.54 Å². The molecule has 1 spiro atoms. The van der Waals surface area contributed by atoms with E-state index in [-0.39, 0.29) is 17.9 Å². The topological polar surface area (TPSA) is 99.6 Å². The number of anilines is 1. The van der Waals surface area contributed by atoms with Crippen LogP contribution < -0.4 is 9.64 Å². The molecule has 204 valence electrons. The van der Waals surface area contributed by atoms with Crippen LogP contribution >= 0.6 is 0 Å². The number of likely N-dealkylation sites (tertiary alicyclic amines) is 1.